The molecule has 172 valence electrons. The summed E-state index contributed by atoms with van der Waals surface area (Å²) >= 11 is 0. The highest BCUT2D eigenvalue weighted by molar-refractivity contribution is 5.91. The zero-order valence-electron chi connectivity index (χ0n) is 19.2. The van der Waals surface area contributed by atoms with Crippen molar-refractivity contribution in [3.63, 3.8) is 0 Å². The Morgan fingerprint density at radius 3 is 2.73 bits per heavy atom. The summed E-state index contributed by atoms with van der Waals surface area (Å²) in [5.41, 5.74) is 7.21. The predicted molar refractivity (Wildman–Crippen MR) is 126 cm³/mol. The molecule has 0 saturated heterocycles. The zero-order chi connectivity index (χ0) is 23.5. The van der Waals surface area contributed by atoms with E-state index in [-0.39, 0.29) is 17.6 Å². The van der Waals surface area contributed by atoms with Crippen molar-refractivity contribution in [2.24, 2.45) is 0 Å². The number of pyridine rings is 1. The molecule has 1 aliphatic rings. The van der Waals surface area contributed by atoms with Crippen LogP contribution in [0.2, 0.25) is 0 Å². The van der Waals surface area contributed by atoms with Crippen molar-refractivity contribution < 1.29 is 19.0 Å². The van der Waals surface area contributed by atoms with E-state index in [1.165, 1.54) is 18.7 Å². The fraction of sp³-hybridized carbons (Fsp3) is 0.333. The second-order valence-corrected chi connectivity index (χ2v) is 8.62. The van der Waals surface area contributed by atoms with Gasteiger partial charge >= 0.3 is 5.97 Å². The molecular formula is C27H29FN2O3. The Bertz CT molecular complexity index is 1190. The Labute approximate surface area is 193 Å². The first-order chi connectivity index (χ1) is 15.9. The molecule has 3 aromatic rings. The SMILES string of the molecule is COc1cc([C@@H](C)NCc2cc(-c3ccc(C)c(C(=O)O)c3)c3c(n2)CCCC3)ccc1F. The lowest BCUT2D eigenvalue weighted by Crippen LogP contribution is -2.20. The highest BCUT2D eigenvalue weighted by atomic mass is 19.1. The Balaban J connectivity index is 1.64. The first-order valence-corrected chi connectivity index (χ1v) is 11.3. The van der Waals surface area contributed by atoms with E-state index in [0.717, 1.165) is 59.3 Å². The van der Waals surface area contributed by atoms with Gasteiger partial charge in [0.05, 0.1) is 18.4 Å². The smallest absolute Gasteiger partial charge is 0.335 e. The van der Waals surface area contributed by atoms with Crippen LogP contribution in [0.4, 0.5) is 4.39 Å². The van der Waals surface area contributed by atoms with Gasteiger partial charge in [-0.3, -0.25) is 4.98 Å². The minimum absolute atomic E-state index is 0.0289. The van der Waals surface area contributed by atoms with Crippen LogP contribution >= 0.6 is 0 Å². The quantitative estimate of drug-likeness (QED) is 0.490. The molecule has 2 N–H and O–H groups in total. The molecule has 1 aromatic heterocycles. The van der Waals surface area contributed by atoms with Crippen LogP contribution in [0, 0.1) is 12.7 Å². The first-order valence-electron chi connectivity index (χ1n) is 11.3. The lowest BCUT2D eigenvalue weighted by atomic mass is 9.88. The van der Waals surface area contributed by atoms with Gasteiger partial charge in [-0.2, -0.15) is 0 Å². The highest BCUT2D eigenvalue weighted by Gasteiger charge is 2.19. The third-order valence-corrected chi connectivity index (χ3v) is 6.40. The molecule has 0 amide bonds. The van der Waals surface area contributed by atoms with Crippen molar-refractivity contribution in [1.29, 1.82) is 0 Å². The number of carboxylic acids is 1. The molecular weight excluding hydrogens is 419 g/mol. The average molecular weight is 449 g/mol. The van der Waals surface area contributed by atoms with E-state index >= 15 is 0 Å². The standard InChI is InChI=1S/C27H29FN2O3/c1-16-8-9-19(12-22(16)27(31)32)23-14-20(30-25-7-5-4-6-21(23)25)15-29-17(2)18-10-11-24(28)26(13-18)33-3/h8-14,17,29H,4-7,15H2,1-3H3,(H,31,32)/t17-/m1/s1. The van der Waals surface area contributed by atoms with Gasteiger partial charge < -0.3 is 15.2 Å². The molecule has 1 heterocycles. The zero-order valence-corrected chi connectivity index (χ0v) is 19.2. The minimum Gasteiger partial charge on any atom is -0.494 e. The summed E-state index contributed by atoms with van der Waals surface area (Å²) < 4.78 is 18.9. The number of halogens is 1. The van der Waals surface area contributed by atoms with E-state index in [0.29, 0.717) is 12.1 Å². The molecule has 0 spiro atoms. The number of ether oxygens (including phenoxy) is 1. The number of carboxylic acid groups (broad SMARTS) is 1. The topological polar surface area (TPSA) is 71.5 Å². The monoisotopic (exact) mass is 448 g/mol. The van der Waals surface area contributed by atoms with Gasteiger partial charge in [0.2, 0.25) is 0 Å². The number of carbonyl (C=O) groups is 1. The van der Waals surface area contributed by atoms with E-state index < -0.39 is 5.97 Å². The molecule has 6 heteroatoms. The van der Waals surface area contributed by atoms with Crippen LogP contribution in [0.15, 0.2) is 42.5 Å². The number of aromatic nitrogens is 1. The summed E-state index contributed by atoms with van der Waals surface area (Å²) in [6, 6.07) is 12.6. The van der Waals surface area contributed by atoms with Crippen molar-refractivity contribution in [3.8, 4) is 16.9 Å². The highest BCUT2D eigenvalue weighted by Crippen LogP contribution is 2.33. The summed E-state index contributed by atoms with van der Waals surface area (Å²) in [4.78, 5) is 16.6. The van der Waals surface area contributed by atoms with Gasteiger partial charge in [-0.25, -0.2) is 9.18 Å². The molecule has 2 aromatic carbocycles. The van der Waals surface area contributed by atoms with Gasteiger partial charge in [0.25, 0.3) is 0 Å². The molecule has 0 unspecified atom stereocenters. The molecule has 1 aliphatic carbocycles. The molecule has 0 bridgehead atoms. The normalized spacial score (nSPS) is 13.9. The lowest BCUT2D eigenvalue weighted by Gasteiger charge is -2.22. The molecule has 5 nitrogen and oxygen atoms in total. The fourth-order valence-corrected chi connectivity index (χ4v) is 4.45. The van der Waals surface area contributed by atoms with Crippen LogP contribution in [0.3, 0.4) is 0 Å². The van der Waals surface area contributed by atoms with Crippen molar-refractivity contribution in [3.05, 3.63) is 81.9 Å². The Morgan fingerprint density at radius 2 is 1.97 bits per heavy atom. The van der Waals surface area contributed by atoms with Crippen molar-refractivity contribution in [2.75, 3.05) is 7.11 Å². The van der Waals surface area contributed by atoms with E-state index in [4.69, 9.17) is 9.72 Å². The number of fused-ring (bicyclic) bond motifs is 1. The summed E-state index contributed by atoms with van der Waals surface area (Å²) in [7, 11) is 1.46. The molecule has 4 rings (SSSR count). The average Bonchev–Trinajstić information content (AvgIpc) is 2.82. The van der Waals surface area contributed by atoms with Gasteiger partial charge in [0.15, 0.2) is 11.6 Å². The molecule has 1 atom stereocenters. The van der Waals surface area contributed by atoms with E-state index in [1.807, 2.05) is 26.0 Å². The van der Waals surface area contributed by atoms with E-state index in [9.17, 15) is 14.3 Å². The maximum Gasteiger partial charge on any atom is 0.335 e. The molecule has 0 aliphatic heterocycles. The van der Waals surface area contributed by atoms with Crippen molar-refractivity contribution in [1.82, 2.24) is 10.3 Å². The molecule has 0 saturated carbocycles. The lowest BCUT2D eigenvalue weighted by molar-refractivity contribution is 0.0696. The minimum atomic E-state index is -0.914. The third-order valence-electron chi connectivity index (χ3n) is 6.40. The van der Waals surface area contributed by atoms with Gasteiger partial charge in [-0.1, -0.05) is 18.2 Å². The van der Waals surface area contributed by atoms with Gasteiger partial charge in [0.1, 0.15) is 0 Å². The number of nitrogens with zero attached hydrogens (tertiary/aromatic N) is 1. The number of nitrogens with one attached hydrogen (secondary N) is 1. The maximum absolute atomic E-state index is 13.8. The summed E-state index contributed by atoms with van der Waals surface area (Å²) in [6.07, 6.45) is 4.10. The number of hydrogen-bond acceptors (Lipinski definition) is 4. The Kier molecular flexibility index (Phi) is 6.75. The number of benzene rings is 2. The first kappa shape index (κ1) is 22.9. The molecule has 0 radical (unpaired) electrons. The summed E-state index contributed by atoms with van der Waals surface area (Å²) in [5, 5.41) is 13.1. The van der Waals surface area contributed by atoms with Crippen LogP contribution < -0.4 is 10.1 Å². The summed E-state index contributed by atoms with van der Waals surface area (Å²) in [6.45, 7) is 4.38. The van der Waals surface area contributed by atoms with Crippen LogP contribution in [0.25, 0.3) is 11.1 Å². The second-order valence-electron chi connectivity index (χ2n) is 8.62. The van der Waals surface area contributed by atoms with Crippen LogP contribution in [0.1, 0.15) is 64.2 Å². The third kappa shape index (κ3) is 4.91. The van der Waals surface area contributed by atoms with Crippen LogP contribution in [-0.4, -0.2) is 23.2 Å². The van der Waals surface area contributed by atoms with Gasteiger partial charge in [0, 0.05) is 18.3 Å². The van der Waals surface area contributed by atoms with E-state index in [1.54, 1.807) is 18.2 Å². The Hall–Kier alpha value is -3.25. The number of aryl methyl sites for hydroxylation is 2. The fourth-order valence-electron chi connectivity index (χ4n) is 4.45. The largest absolute Gasteiger partial charge is 0.494 e. The number of methoxy groups -OCH3 is 1. The van der Waals surface area contributed by atoms with Crippen molar-refractivity contribution in [2.45, 2.75) is 52.1 Å². The second kappa shape index (κ2) is 9.71. The van der Waals surface area contributed by atoms with Crippen LogP contribution in [0.5, 0.6) is 5.75 Å². The summed E-state index contributed by atoms with van der Waals surface area (Å²) in [5.74, 6) is -1.07. The number of aromatic carboxylic acids is 1. The number of hydrogen-bond donors (Lipinski definition) is 2. The van der Waals surface area contributed by atoms with Crippen LogP contribution in [-0.2, 0) is 19.4 Å². The van der Waals surface area contributed by atoms with E-state index in [2.05, 4.69) is 11.4 Å². The molecule has 33 heavy (non-hydrogen) atoms. The Morgan fingerprint density at radius 1 is 1.18 bits per heavy atom. The number of rotatable bonds is 7. The van der Waals surface area contributed by atoms with Gasteiger partial charge in [-0.15, -0.1) is 0 Å². The van der Waals surface area contributed by atoms with Gasteiger partial charge in [-0.05, 0) is 91.6 Å². The van der Waals surface area contributed by atoms with Crippen molar-refractivity contribution >= 4 is 5.97 Å². The molecule has 0 fully saturated rings. The predicted octanol–water partition coefficient (Wildman–Crippen LogP) is 5.63. The maximum atomic E-state index is 13.8.